The summed E-state index contributed by atoms with van der Waals surface area (Å²) in [5.74, 6) is -0.533. The lowest BCUT2D eigenvalue weighted by Crippen LogP contribution is -2.14. The summed E-state index contributed by atoms with van der Waals surface area (Å²) in [7, 11) is 0. The van der Waals surface area contributed by atoms with Gasteiger partial charge in [-0.05, 0) is 35.9 Å². The van der Waals surface area contributed by atoms with E-state index in [4.69, 9.17) is 0 Å². The summed E-state index contributed by atoms with van der Waals surface area (Å²) in [6.07, 6.45) is 0. The van der Waals surface area contributed by atoms with Gasteiger partial charge in [-0.15, -0.1) is 11.3 Å². The molecule has 13 heteroatoms. The second kappa shape index (κ2) is 11.6. The van der Waals surface area contributed by atoms with Crippen molar-refractivity contribution in [1.29, 1.82) is 0 Å². The van der Waals surface area contributed by atoms with Crippen molar-refractivity contribution in [2.24, 2.45) is 0 Å². The molecule has 10 nitrogen and oxygen atoms in total. The van der Waals surface area contributed by atoms with Crippen molar-refractivity contribution in [3.8, 4) is 11.4 Å². The molecule has 41 heavy (non-hydrogen) atoms. The van der Waals surface area contributed by atoms with E-state index < -0.39 is 11.7 Å². The number of carbonyl (C=O) groups excluding carboxylic acids is 2. The molecule has 4 N–H and O–H groups in total. The van der Waals surface area contributed by atoms with Crippen LogP contribution in [0.5, 0.6) is 0 Å². The Morgan fingerprint density at radius 2 is 1.78 bits per heavy atom. The van der Waals surface area contributed by atoms with Gasteiger partial charge in [-0.2, -0.15) is 0 Å². The Bertz CT molecular complexity index is 1950. The summed E-state index contributed by atoms with van der Waals surface area (Å²) in [5, 5.41) is 11.9. The number of anilines is 2. The summed E-state index contributed by atoms with van der Waals surface area (Å²) in [5.41, 5.74) is 3.77. The van der Waals surface area contributed by atoms with E-state index >= 15 is 0 Å². The van der Waals surface area contributed by atoms with Crippen molar-refractivity contribution in [3.63, 3.8) is 0 Å². The van der Waals surface area contributed by atoms with Crippen LogP contribution in [0.25, 0.3) is 22.3 Å². The summed E-state index contributed by atoms with van der Waals surface area (Å²) < 4.78 is 6.15. The maximum Gasteiger partial charge on any atom is 0.439 e. The number of para-hydroxylation sites is 1. The van der Waals surface area contributed by atoms with Gasteiger partial charge in [0.05, 0.1) is 16.9 Å². The van der Waals surface area contributed by atoms with E-state index in [1.807, 2.05) is 24.3 Å². The fourth-order valence-corrected chi connectivity index (χ4v) is 6.20. The van der Waals surface area contributed by atoms with Crippen molar-refractivity contribution >= 4 is 73.1 Å². The molecule has 0 bridgehead atoms. The number of nitrogens with one attached hydrogen (secondary N) is 4. The Morgan fingerprint density at radius 3 is 2.59 bits per heavy atom. The average molecular weight is 648 g/mol. The van der Waals surface area contributed by atoms with Gasteiger partial charge in [0.15, 0.2) is 10.2 Å². The van der Waals surface area contributed by atoms with Crippen LogP contribution < -0.4 is 16.4 Å². The van der Waals surface area contributed by atoms with Gasteiger partial charge in [0.25, 0.3) is 11.8 Å². The van der Waals surface area contributed by atoms with E-state index in [-0.39, 0.29) is 17.4 Å². The number of hydrogen-bond acceptors (Lipinski definition) is 8. The zero-order valence-corrected chi connectivity index (χ0v) is 24.2. The molecule has 0 aliphatic carbocycles. The Balaban J connectivity index is 1.18. The maximum absolute atomic E-state index is 13.2. The zero-order chi connectivity index (χ0) is 28.3. The first kappa shape index (κ1) is 26.7. The van der Waals surface area contributed by atoms with Crippen LogP contribution in [-0.4, -0.2) is 31.9 Å². The molecule has 3 aromatic carbocycles. The monoisotopic (exact) mass is 646 g/mol. The lowest BCUT2D eigenvalue weighted by Gasteiger charge is -2.09. The minimum atomic E-state index is -0.706. The van der Waals surface area contributed by atoms with E-state index in [9.17, 15) is 14.4 Å². The summed E-state index contributed by atoms with van der Waals surface area (Å²) >= 11 is 6.39. The first-order chi connectivity index (χ1) is 19.9. The van der Waals surface area contributed by atoms with E-state index in [0.29, 0.717) is 28.1 Å². The number of benzene rings is 3. The van der Waals surface area contributed by atoms with Crippen LogP contribution >= 0.6 is 39.0 Å². The fourth-order valence-electron chi connectivity index (χ4n) is 4.07. The number of hydrogen-bond donors (Lipinski definition) is 4. The molecule has 0 aliphatic rings. The number of nitrogens with zero attached hydrogens (tertiary/aromatic N) is 2. The van der Waals surface area contributed by atoms with Crippen LogP contribution in [0.3, 0.4) is 0 Å². The molecule has 0 unspecified atom stereocenters. The van der Waals surface area contributed by atoms with E-state index in [2.05, 4.69) is 63.3 Å². The van der Waals surface area contributed by atoms with Crippen molar-refractivity contribution in [2.45, 2.75) is 10.1 Å². The number of fused-ring (bicyclic) bond motifs is 1. The number of halogens is 1. The van der Waals surface area contributed by atoms with Gasteiger partial charge < -0.3 is 15.6 Å². The molecular formula is C28H19BrN6O4S2. The third kappa shape index (κ3) is 6.01. The normalized spacial score (nSPS) is 11.0. The molecule has 0 saturated heterocycles. The van der Waals surface area contributed by atoms with Gasteiger partial charge in [0, 0.05) is 26.6 Å². The minimum Gasteiger partial charge on any atom is -0.349 e. The molecule has 0 saturated carbocycles. The Kier molecular flexibility index (Phi) is 7.55. The highest BCUT2D eigenvalue weighted by atomic mass is 79.9. The van der Waals surface area contributed by atoms with Crippen LogP contribution in [0.2, 0.25) is 0 Å². The average Bonchev–Trinajstić information content (AvgIpc) is 3.73. The number of thiazole rings is 1. The molecule has 6 aromatic rings. The summed E-state index contributed by atoms with van der Waals surface area (Å²) in [4.78, 5) is 47.8. The van der Waals surface area contributed by atoms with Gasteiger partial charge in [0.2, 0.25) is 0 Å². The van der Waals surface area contributed by atoms with Gasteiger partial charge in [-0.1, -0.05) is 75.3 Å². The Labute approximate surface area is 248 Å². The minimum absolute atomic E-state index is 0.178. The Morgan fingerprint density at radius 1 is 0.951 bits per heavy atom. The zero-order valence-electron chi connectivity index (χ0n) is 20.9. The predicted molar refractivity (Wildman–Crippen MR) is 163 cm³/mol. The van der Waals surface area contributed by atoms with Gasteiger partial charge >= 0.3 is 5.76 Å². The third-order valence-electron chi connectivity index (χ3n) is 6.00. The molecule has 0 fully saturated rings. The third-order valence-corrected chi connectivity index (χ3v) is 8.58. The van der Waals surface area contributed by atoms with Crippen molar-refractivity contribution in [3.05, 3.63) is 110 Å². The summed E-state index contributed by atoms with van der Waals surface area (Å²) in [6, 6.07) is 22.3. The predicted octanol–water partition coefficient (Wildman–Crippen LogP) is 6.53. The van der Waals surface area contributed by atoms with Crippen molar-refractivity contribution in [1.82, 2.24) is 20.1 Å². The molecule has 3 heterocycles. The van der Waals surface area contributed by atoms with Crippen LogP contribution in [0, 0.1) is 0 Å². The van der Waals surface area contributed by atoms with Gasteiger partial charge in [0.1, 0.15) is 11.4 Å². The number of aromatic nitrogens is 4. The number of amides is 2. The van der Waals surface area contributed by atoms with Crippen LogP contribution in [0.15, 0.2) is 96.3 Å². The summed E-state index contributed by atoms with van der Waals surface area (Å²) in [6.45, 7) is 0. The highest BCUT2D eigenvalue weighted by Gasteiger charge is 2.18. The molecular weight excluding hydrogens is 628 g/mol. The first-order valence-corrected chi connectivity index (χ1v) is 14.8. The molecule has 0 spiro atoms. The van der Waals surface area contributed by atoms with E-state index in [0.717, 1.165) is 20.0 Å². The standard InChI is InChI=1S/C28H19BrN6O4S2/c29-17-9-10-19(18(12-17)24-34-27(38)39-35-24)31-25(36)21-11-16-7-4-8-20(23(16)30-21)32-26(37)22-14-41-28(33-22)40-13-15-5-2-1-3-6-15/h1-12,14,30H,13H2,(H,31,36)(H,32,37)(H,34,35,38). The largest absolute Gasteiger partial charge is 0.439 e. The second-order valence-electron chi connectivity index (χ2n) is 8.77. The number of aromatic amines is 2. The van der Waals surface area contributed by atoms with Crippen molar-refractivity contribution < 1.29 is 14.1 Å². The smallest absolute Gasteiger partial charge is 0.349 e. The van der Waals surface area contributed by atoms with Gasteiger partial charge in [-0.3, -0.25) is 19.1 Å². The van der Waals surface area contributed by atoms with Crippen LogP contribution in [0.1, 0.15) is 26.5 Å². The van der Waals surface area contributed by atoms with E-state index in [1.165, 1.54) is 16.9 Å². The number of thioether (sulfide) groups is 1. The molecule has 6 rings (SSSR count). The lowest BCUT2D eigenvalue weighted by molar-refractivity contribution is 0.101. The van der Waals surface area contributed by atoms with Gasteiger partial charge in [-0.25, -0.2) is 9.78 Å². The van der Waals surface area contributed by atoms with Crippen LogP contribution in [0.4, 0.5) is 11.4 Å². The van der Waals surface area contributed by atoms with E-state index in [1.54, 1.807) is 53.5 Å². The molecule has 0 radical (unpaired) electrons. The first-order valence-electron chi connectivity index (χ1n) is 12.2. The molecule has 0 atom stereocenters. The highest BCUT2D eigenvalue weighted by molar-refractivity contribution is 9.10. The molecule has 0 aliphatic heterocycles. The fraction of sp³-hybridized carbons (Fsp3) is 0.0357. The molecule has 2 amide bonds. The van der Waals surface area contributed by atoms with Crippen LogP contribution in [-0.2, 0) is 5.75 Å². The molecule has 204 valence electrons. The SMILES string of the molecule is O=C(Nc1cccc2cc(C(=O)Nc3ccc(Br)cc3-c3noc(=O)[nH]3)[nH]c12)c1csc(SCc2ccccc2)n1. The lowest BCUT2D eigenvalue weighted by atomic mass is 10.1. The maximum atomic E-state index is 13.2. The number of rotatable bonds is 8. The molecule has 3 aromatic heterocycles. The Hall–Kier alpha value is -4.46. The highest BCUT2D eigenvalue weighted by Crippen LogP contribution is 2.30. The second-order valence-corrected chi connectivity index (χ2v) is 11.8. The quantitative estimate of drug-likeness (QED) is 0.138. The number of H-pyrrole nitrogens is 2. The number of carbonyl (C=O) groups is 2. The topological polar surface area (TPSA) is 146 Å². The van der Waals surface area contributed by atoms with Crippen molar-refractivity contribution in [2.75, 3.05) is 10.6 Å².